The number of hydrogen-bond acceptors (Lipinski definition) is 4. The van der Waals surface area contributed by atoms with Crippen LogP contribution in [0.5, 0.6) is 0 Å². The Morgan fingerprint density at radius 3 is 3.00 bits per heavy atom. The lowest BCUT2D eigenvalue weighted by Gasteiger charge is -2.39. The highest BCUT2D eigenvalue weighted by Crippen LogP contribution is 2.13. The van der Waals surface area contributed by atoms with Crippen molar-refractivity contribution in [3.8, 4) is 0 Å². The first kappa shape index (κ1) is 15.0. The van der Waals surface area contributed by atoms with Gasteiger partial charge in [-0.25, -0.2) is 0 Å². The molecule has 0 saturated carbocycles. The molecule has 2 heterocycles. The Labute approximate surface area is 120 Å². The van der Waals surface area contributed by atoms with Gasteiger partial charge in [-0.3, -0.25) is 14.4 Å². The topological polar surface area (TPSA) is 61.6 Å². The maximum absolute atomic E-state index is 10.5. The van der Waals surface area contributed by atoms with Crippen LogP contribution in [-0.2, 0) is 17.9 Å². The number of hydrogen-bond donors (Lipinski definition) is 1. The van der Waals surface area contributed by atoms with Crippen LogP contribution in [0.3, 0.4) is 0 Å². The summed E-state index contributed by atoms with van der Waals surface area (Å²) in [5.41, 5.74) is 1.16. The van der Waals surface area contributed by atoms with Crippen molar-refractivity contribution in [2.24, 2.45) is 0 Å². The highest BCUT2D eigenvalue weighted by atomic mass is 16.4. The van der Waals surface area contributed by atoms with E-state index in [4.69, 9.17) is 5.11 Å². The highest BCUT2D eigenvalue weighted by Gasteiger charge is 2.22. The van der Waals surface area contributed by atoms with E-state index >= 15 is 0 Å². The zero-order chi connectivity index (χ0) is 14.5. The quantitative estimate of drug-likeness (QED) is 0.838. The Morgan fingerprint density at radius 1 is 1.50 bits per heavy atom. The number of carbonyl (C=O) groups is 1. The van der Waals surface area contributed by atoms with Crippen molar-refractivity contribution in [2.45, 2.75) is 38.9 Å². The monoisotopic (exact) mass is 280 g/mol. The second kappa shape index (κ2) is 6.85. The van der Waals surface area contributed by atoms with Gasteiger partial charge in [-0.1, -0.05) is 6.92 Å². The predicted octanol–water partition coefficient (Wildman–Crippen LogP) is 0.884. The molecule has 1 aromatic rings. The van der Waals surface area contributed by atoms with Gasteiger partial charge in [0.25, 0.3) is 0 Å². The minimum atomic E-state index is -0.785. The molecule has 1 aromatic heterocycles. The zero-order valence-electron chi connectivity index (χ0n) is 12.3. The number of aliphatic carboxylic acids is 1. The minimum absolute atomic E-state index is 0.119. The summed E-state index contributed by atoms with van der Waals surface area (Å²) >= 11 is 0. The second-order valence-electron chi connectivity index (χ2n) is 5.53. The normalized spacial score (nSPS) is 21.2. The van der Waals surface area contributed by atoms with Gasteiger partial charge in [-0.2, -0.15) is 5.10 Å². The van der Waals surface area contributed by atoms with Gasteiger partial charge >= 0.3 is 5.97 Å². The number of rotatable bonds is 6. The molecule has 20 heavy (non-hydrogen) atoms. The summed E-state index contributed by atoms with van der Waals surface area (Å²) in [5, 5.41) is 12.9. The third kappa shape index (κ3) is 4.05. The Bertz CT molecular complexity index is 446. The number of carboxylic acids is 1. The Kier molecular flexibility index (Phi) is 5.14. The number of aryl methyl sites for hydroxylation is 1. The molecule has 0 spiro atoms. The van der Waals surface area contributed by atoms with Crippen LogP contribution in [0, 0.1) is 0 Å². The second-order valence-corrected chi connectivity index (χ2v) is 5.53. The van der Waals surface area contributed by atoms with Crippen LogP contribution >= 0.6 is 0 Å². The van der Waals surface area contributed by atoms with E-state index in [1.165, 1.54) is 6.42 Å². The predicted molar refractivity (Wildman–Crippen MR) is 76.5 cm³/mol. The summed E-state index contributed by atoms with van der Waals surface area (Å²) in [7, 11) is 2.19. The maximum Gasteiger partial charge on any atom is 0.305 e. The van der Waals surface area contributed by atoms with Gasteiger partial charge in [0.1, 0.15) is 0 Å². The fraction of sp³-hybridized carbons (Fsp3) is 0.714. The molecule has 1 fully saturated rings. The van der Waals surface area contributed by atoms with Gasteiger partial charge in [-0.05, 0) is 13.5 Å². The molecule has 0 amide bonds. The van der Waals surface area contributed by atoms with E-state index in [0.717, 1.165) is 31.7 Å². The standard InChI is InChI=1S/C14H24N4O2/c1-3-13-11-17(7-6-16(13)2)9-12-8-15-18(10-12)5-4-14(19)20/h8,10,13H,3-7,9,11H2,1-2H3,(H,19,20)/t13-/m1/s1. The van der Waals surface area contributed by atoms with Gasteiger partial charge in [0, 0.05) is 44.0 Å². The van der Waals surface area contributed by atoms with Gasteiger partial charge in [0.15, 0.2) is 0 Å². The summed E-state index contributed by atoms with van der Waals surface area (Å²) in [6.07, 6.45) is 5.10. The van der Waals surface area contributed by atoms with Gasteiger partial charge in [0.2, 0.25) is 0 Å². The summed E-state index contributed by atoms with van der Waals surface area (Å²) in [6.45, 7) is 6.84. The largest absolute Gasteiger partial charge is 0.481 e. The molecule has 0 unspecified atom stereocenters. The lowest BCUT2D eigenvalue weighted by Crippen LogP contribution is -2.50. The molecule has 0 radical (unpaired) electrons. The third-order valence-corrected chi connectivity index (χ3v) is 3.98. The molecule has 1 atom stereocenters. The Morgan fingerprint density at radius 2 is 2.30 bits per heavy atom. The molecule has 1 aliphatic rings. The van der Waals surface area contributed by atoms with Crippen LogP contribution in [-0.4, -0.2) is 63.4 Å². The fourth-order valence-corrected chi connectivity index (χ4v) is 2.67. The molecular formula is C14H24N4O2. The van der Waals surface area contributed by atoms with Crippen LogP contribution in [0.1, 0.15) is 25.3 Å². The summed E-state index contributed by atoms with van der Waals surface area (Å²) < 4.78 is 1.72. The van der Waals surface area contributed by atoms with Crippen LogP contribution in [0.25, 0.3) is 0 Å². The summed E-state index contributed by atoms with van der Waals surface area (Å²) in [5.74, 6) is -0.785. The lowest BCUT2D eigenvalue weighted by atomic mass is 10.1. The SMILES string of the molecule is CC[C@@H]1CN(Cc2cnn(CCC(=O)O)c2)CCN1C. The molecule has 6 heteroatoms. The van der Waals surface area contributed by atoms with Gasteiger partial charge < -0.3 is 10.0 Å². The molecular weight excluding hydrogens is 256 g/mol. The van der Waals surface area contributed by atoms with Crippen LogP contribution in [0.2, 0.25) is 0 Å². The number of carboxylic acid groups (broad SMARTS) is 1. The average molecular weight is 280 g/mol. The summed E-state index contributed by atoms with van der Waals surface area (Å²) in [6, 6.07) is 0.630. The molecule has 6 nitrogen and oxygen atoms in total. The molecule has 1 saturated heterocycles. The Balaban J connectivity index is 1.85. The lowest BCUT2D eigenvalue weighted by molar-refractivity contribution is -0.137. The van der Waals surface area contributed by atoms with Crippen LogP contribution in [0.15, 0.2) is 12.4 Å². The van der Waals surface area contributed by atoms with Crippen molar-refractivity contribution in [2.75, 3.05) is 26.7 Å². The average Bonchev–Trinajstić information content (AvgIpc) is 2.86. The van der Waals surface area contributed by atoms with Crippen LogP contribution in [0.4, 0.5) is 0 Å². The van der Waals surface area contributed by atoms with Gasteiger partial charge in [0.05, 0.1) is 19.2 Å². The van der Waals surface area contributed by atoms with E-state index in [2.05, 4.69) is 28.9 Å². The first-order chi connectivity index (χ1) is 9.58. The first-order valence-corrected chi connectivity index (χ1v) is 7.24. The van der Waals surface area contributed by atoms with E-state index in [-0.39, 0.29) is 6.42 Å². The van der Waals surface area contributed by atoms with Crippen molar-refractivity contribution >= 4 is 5.97 Å². The molecule has 0 aliphatic carbocycles. The van der Waals surface area contributed by atoms with Crippen molar-refractivity contribution in [3.63, 3.8) is 0 Å². The molecule has 0 bridgehead atoms. The zero-order valence-corrected chi connectivity index (χ0v) is 12.3. The van der Waals surface area contributed by atoms with Crippen molar-refractivity contribution in [1.29, 1.82) is 0 Å². The fourth-order valence-electron chi connectivity index (χ4n) is 2.67. The first-order valence-electron chi connectivity index (χ1n) is 7.24. The minimum Gasteiger partial charge on any atom is -0.481 e. The Hall–Kier alpha value is -1.40. The summed E-state index contributed by atoms with van der Waals surface area (Å²) in [4.78, 5) is 15.4. The van der Waals surface area contributed by atoms with Gasteiger partial charge in [-0.15, -0.1) is 0 Å². The van der Waals surface area contributed by atoms with E-state index in [9.17, 15) is 4.79 Å². The highest BCUT2D eigenvalue weighted by molar-refractivity contribution is 5.66. The van der Waals surface area contributed by atoms with E-state index < -0.39 is 5.97 Å². The van der Waals surface area contributed by atoms with E-state index in [1.807, 2.05) is 12.4 Å². The molecule has 1 aliphatic heterocycles. The number of piperazine rings is 1. The molecule has 112 valence electrons. The molecule has 2 rings (SSSR count). The molecule has 1 N–H and O–H groups in total. The van der Waals surface area contributed by atoms with E-state index in [1.54, 1.807) is 4.68 Å². The smallest absolute Gasteiger partial charge is 0.305 e. The van der Waals surface area contributed by atoms with E-state index in [0.29, 0.717) is 12.6 Å². The third-order valence-electron chi connectivity index (χ3n) is 3.98. The maximum atomic E-state index is 10.5. The van der Waals surface area contributed by atoms with Crippen LogP contribution < -0.4 is 0 Å². The van der Waals surface area contributed by atoms with Crippen molar-refractivity contribution in [3.05, 3.63) is 18.0 Å². The number of nitrogens with zero attached hydrogens (tertiary/aromatic N) is 4. The van der Waals surface area contributed by atoms with Crippen molar-refractivity contribution < 1.29 is 9.90 Å². The number of likely N-dealkylation sites (N-methyl/N-ethyl adjacent to an activating group) is 1. The molecule has 0 aromatic carbocycles. The van der Waals surface area contributed by atoms with Crippen molar-refractivity contribution in [1.82, 2.24) is 19.6 Å². The number of aromatic nitrogens is 2.